The first kappa shape index (κ1) is 8.81. The molecule has 0 heterocycles. The van der Waals surface area contributed by atoms with Crippen LogP contribution in [0.15, 0.2) is 0 Å². The first-order chi connectivity index (χ1) is 3.98. The molecule has 0 amide bonds. The molecule has 0 saturated carbocycles. The predicted octanol–water partition coefficient (Wildman–Crippen LogP) is 1.13. The molecule has 0 rings (SSSR count). The molecule has 50 valence electrons. The molecule has 0 fully saturated rings. The Morgan fingerprint density at radius 1 is 2.00 bits per heavy atom. The first-order valence-corrected chi connectivity index (χ1v) is 5.43. The molecule has 0 bridgehead atoms. The van der Waals surface area contributed by atoms with Gasteiger partial charge >= 0.3 is 8.25 Å². The molecular formula is C3H6NO3P2+. The lowest BCUT2D eigenvalue weighted by atomic mass is 11.8. The van der Waals surface area contributed by atoms with Crippen molar-refractivity contribution in [3.8, 4) is 5.81 Å². The lowest BCUT2D eigenvalue weighted by molar-refractivity contribution is 0.427. The summed E-state index contributed by atoms with van der Waals surface area (Å²) in [5.74, 6) is 1.71. The number of nitrogens with zero attached hydrogens (tertiary/aromatic N) is 1. The van der Waals surface area contributed by atoms with Crippen molar-refractivity contribution < 1.29 is 13.8 Å². The Bertz CT molecular complexity index is 206. The second-order valence-electron chi connectivity index (χ2n) is 1.52. The lowest BCUT2D eigenvalue weighted by Crippen LogP contribution is -1.74. The van der Waals surface area contributed by atoms with E-state index < -0.39 is 15.4 Å². The highest BCUT2D eigenvalue weighted by molar-refractivity contribution is 7.76. The van der Waals surface area contributed by atoms with Gasteiger partial charge in [0.15, 0.2) is 7.11 Å². The topological polar surface area (TPSA) is 70.3 Å². The van der Waals surface area contributed by atoms with Gasteiger partial charge in [-0.25, -0.2) is 0 Å². The van der Waals surface area contributed by atoms with Gasteiger partial charge in [-0.2, -0.15) is 5.26 Å². The van der Waals surface area contributed by atoms with E-state index in [0.717, 1.165) is 0 Å². The van der Waals surface area contributed by atoms with Crippen LogP contribution >= 0.6 is 15.4 Å². The van der Waals surface area contributed by atoms with Gasteiger partial charge in [0.2, 0.25) is 0 Å². The lowest BCUT2D eigenvalue weighted by Gasteiger charge is -1.93. The highest BCUT2D eigenvalue weighted by Crippen LogP contribution is 2.48. The van der Waals surface area contributed by atoms with Crippen molar-refractivity contribution in [2.45, 2.75) is 0 Å². The summed E-state index contributed by atoms with van der Waals surface area (Å²) in [6, 6.07) is 0. The molecule has 2 atom stereocenters. The van der Waals surface area contributed by atoms with Gasteiger partial charge in [0.1, 0.15) is 5.81 Å². The molecule has 0 aliphatic carbocycles. The molecule has 0 aromatic heterocycles. The van der Waals surface area contributed by atoms with Gasteiger partial charge in [-0.05, 0) is 6.66 Å². The summed E-state index contributed by atoms with van der Waals surface area (Å²) in [7, 11) is -5.14. The van der Waals surface area contributed by atoms with E-state index in [1.165, 1.54) is 6.66 Å². The van der Waals surface area contributed by atoms with Gasteiger partial charge in [-0.1, -0.05) is 10.6 Å². The molecule has 0 aromatic rings. The summed E-state index contributed by atoms with van der Waals surface area (Å²) in [5, 5.41) is 8.22. The van der Waals surface area contributed by atoms with E-state index in [1.54, 1.807) is 5.81 Å². The van der Waals surface area contributed by atoms with Crippen LogP contribution in [0.5, 0.6) is 0 Å². The van der Waals surface area contributed by atoms with Crippen LogP contribution in [0.3, 0.4) is 0 Å². The van der Waals surface area contributed by atoms with Crippen LogP contribution in [0, 0.1) is 11.1 Å². The summed E-state index contributed by atoms with van der Waals surface area (Å²) in [4.78, 5) is 8.14. The molecule has 2 unspecified atom stereocenters. The minimum atomic E-state index is -2.68. The Balaban J connectivity index is 4.09. The van der Waals surface area contributed by atoms with Gasteiger partial charge in [0, 0.05) is 4.57 Å². The molecule has 0 radical (unpaired) electrons. The number of nitriles is 1. The van der Waals surface area contributed by atoms with E-state index in [0.29, 0.717) is 0 Å². The fraction of sp³-hybridized carbons (Fsp3) is 0.333. The standard InChI is InChI=1S/C3H5NO3P2/c1-9(2,3-4)7-8(5)6/h1H2,2H3/p+1. The van der Waals surface area contributed by atoms with Crippen LogP contribution in [-0.4, -0.2) is 17.9 Å². The van der Waals surface area contributed by atoms with Gasteiger partial charge < -0.3 is 0 Å². The molecule has 0 saturated heterocycles. The van der Waals surface area contributed by atoms with E-state index in [9.17, 15) is 4.57 Å². The average Bonchev–Trinajstić information content (AvgIpc) is 1.63. The molecule has 0 aromatic carbocycles. The van der Waals surface area contributed by atoms with Crippen LogP contribution in [0.1, 0.15) is 0 Å². The van der Waals surface area contributed by atoms with Gasteiger partial charge in [-0.15, -0.1) is 4.89 Å². The van der Waals surface area contributed by atoms with Crippen molar-refractivity contribution in [3.05, 3.63) is 0 Å². The summed E-state index contributed by atoms with van der Waals surface area (Å²) in [6.07, 6.45) is 3.31. The Hall–Kier alpha value is -0.190. The number of hydrogen-bond acceptors (Lipinski definition) is 3. The van der Waals surface area contributed by atoms with Crippen molar-refractivity contribution >= 4 is 21.7 Å². The minimum absolute atomic E-state index is 1.41. The van der Waals surface area contributed by atoms with E-state index in [-0.39, 0.29) is 0 Å². The summed E-state index contributed by atoms with van der Waals surface area (Å²) in [6.45, 7) is 1.41. The summed E-state index contributed by atoms with van der Waals surface area (Å²) in [5.41, 5.74) is 0. The molecular weight excluding hydrogens is 160 g/mol. The zero-order valence-corrected chi connectivity index (χ0v) is 6.60. The van der Waals surface area contributed by atoms with E-state index >= 15 is 0 Å². The van der Waals surface area contributed by atoms with Gasteiger partial charge in [-0.3, -0.25) is 0 Å². The Morgan fingerprint density at radius 2 is 2.44 bits per heavy atom. The van der Waals surface area contributed by atoms with Crippen molar-refractivity contribution in [2.24, 2.45) is 0 Å². The van der Waals surface area contributed by atoms with Crippen molar-refractivity contribution in [3.63, 3.8) is 0 Å². The van der Waals surface area contributed by atoms with E-state index in [4.69, 9.17) is 10.2 Å². The van der Waals surface area contributed by atoms with E-state index in [1.807, 2.05) is 0 Å². The maximum Gasteiger partial charge on any atom is 0.698 e. The van der Waals surface area contributed by atoms with E-state index in [2.05, 4.69) is 10.6 Å². The van der Waals surface area contributed by atoms with Gasteiger partial charge in [0.05, 0.1) is 0 Å². The minimum Gasteiger partial charge on any atom is -0.191 e. The zero-order chi connectivity index (χ0) is 7.49. The first-order valence-electron chi connectivity index (χ1n) is 1.96. The second kappa shape index (κ2) is 3.10. The summed E-state index contributed by atoms with van der Waals surface area (Å²) >= 11 is 0. The van der Waals surface area contributed by atoms with Crippen molar-refractivity contribution in [1.82, 2.24) is 0 Å². The molecule has 4 nitrogen and oxygen atoms in total. The van der Waals surface area contributed by atoms with Gasteiger partial charge in [0.25, 0.3) is 0 Å². The Labute approximate surface area is 54.1 Å². The monoisotopic (exact) mass is 166 g/mol. The largest absolute Gasteiger partial charge is 0.698 e. The van der Waals surface area contributed by atoms with Crippen LogP contribution in [0.4, 0.5) is 0 Å². The van der Waals surface area contributed by atoms with Crippen LogP contribution in [0.25, 0.3) is 0 Å². The van der Waals surface area contributed by atoms with Crippen molar-refractivity contribution in [2.75, 3.05) is 6.66 Å². The van der Waals surface area contributed by atoms with Crippen LogP contribution < -0.4 is 0 Å². The maximum atomic E-state index is 9.94. The maximum absolute atomic E-state index is 9.94. The SMILES string of the molecule is C=P(C)(C#N)O[P+](=O)O. The highest BCUT2D eigenvalue weighted by atomic mass is 31.2. The highest BCUT2D eigenvalue weighted by Gasteiger charge is 2.22. The molecule has 0 spiro atoms. The fourth-order valence-electron chi connectivity index (χ4n) is 0.172. The third-order valence-corrected chi connectivity index (χ3v) is 2.89. The normalized spacial score (nSPS) is 17.7. The zero-order valence-electron chi connectivity index (χ0n) is 4.81. The number of hydrogen-bond donors (Lipinski definition) is 1. The smallest absolute Gasteiger partial charge is 0.191 e. The van der Waals surface area contributed by atoms with Crippen LogP contribution in [-0.2, 0) is 8.88 Å². The Morgan fingerprint density at radius 3 is 2.56 bits per heavy atom. The van der Waals surface area contributed by atoms with Crippen LogP contribution in [0.2, 0.25) is 0 Å². The molecule has 9 heavy (non-hydrogen) atoms. The van der Waals surface area contributed by atoms with Crippen molar-refractivity contribution in [1.29, 1.82) is 5.26 Å². The predicted molar refractivity (Wildman–Crippen MR) is 36.5 cm³/mol. The quantitative estimate of drug-likeness (QED) is 0.624. The third-order valence-electron chi connectivity index (χ3n) is 0.462. The second-order valence-corrected chi connectivity index (χ2v) is 5.05. The molecule has 6 heteroatoms. The third kappa shape index (κ3) is 4.32. The fourth-order valence-corrected chi connectivity index (χ4v) is 1.55. The Kier molecular flexibility index (Phi) is 3.03. The number of rotatable bonds is 2. The summed E-state index contributed by atoms with van der Waals surface area (Å²) < 4.78 is 14.2. The molecule has 0 aliphatic rings. The molecule has 1 N–H and O–H groups in total. The molecule has 0 aliphatic heterocycles. The average molecular weight is 166 g/mol.